The summed E-state index contributed by atoms with van der Waals surface area (Å²) in [6.45, 7) is 3.66. The minimum atomic E-state index is -0.0603. The van der Waals surface area contributed by atoms with E-state index < -0.39 is 0 Å². The molecule has 0 fully saturated rings. The van der Waals surface area contributed by atoms with Gasteiger partial charge in [-0.3, -0.25) is 4.79 Å². The third kappa shape index (κ3) is 2.48. The molecule has 0 saturated heterocycles. The number of allylic oxidation sites excluding steroid dienone is 1. The van der Waals surface area contributed by atoms with Gasteiger partial charge in [0.25, 0.3) is 0 Å². The number of methoxy groups -OCH3 is 1. The van der Waals surface area contributed by atoms with Crippen molar-refractivity contribution >= 4 is 26.9 Å². The molecule has 0 radical (unpaired) electrons. The molecule has 1 heterocycles. The summed E-state index contributed by atoms with van der Waals surface area (Å²) in [5, 5.41) is 0.517. The number of aryl methyl sites for hydroxylation is 1. The van der Waals surface area contributed by atoms with Gasteiger partial charge in [-0.15, -0.1) is 6.58 Å². The van der Waals surface area contributed by atoms with Crippen molar-refractivity contribution in [2.75, 3.05) is 7.11 Å². The van der Waals surface area contributed by atoms with Crippen LogP contribution in [0.4, 0.5) is 0 Å². The molecule has 18 heavy (non-hydrogen) atoms. The van der Waals surface area contributed by atoms with E-state index in [2.05, 4.69) is 22.5 Å². The Hall–Kier alpha value is -1.55. The molecule has 0 aliphatic rings. The third-order valence-electron chi connectivity index (χ3n) is 2.63. The quantitative estimate of drug-likeness (QED) is 0.809. The van der Waals surface area contributed by atoms with E-state index in [4.69, 9.17) is 9.15 Å². The molecule has 2 rings (SSSR count). The highest BCUT2D eigenvalue weighted by Gasteiger charge is 2.10. The molecule has 0 N–H and O–H groups in total. The van der Waals surface area contributed by atoms with Gasteiger partial charge in [0, 0.05) is 17.0 Å². The normalized spacial score (nSPS) is 10.6. The van der Waals surface area contributed by atoms with Crippen molar-refractivity contribution in [2.24, 2.45) is 0 Å². The van der Waals surface area contributed by atoms with E-state index in [1.165, 1.54) is 6.07 Å². The van der Waals surface area contributed by atoms with Crippen LogP contribution >= 0.6 is 15.9 Å². The Labute approximate surface area is 113 Å². The maximum absolute atomic E-state index is 12.0. The Kier molecular flexibility index (Phi) is 3.87. The second kappa shape index (κ2) is 5.40. The summed E-state index contributed by atoms with van der Waals surface area (Å²) in [4.78, 5) is 12.0. The van der Waals surface area contributed by atoms with Crippen molar-refractivity contribution < 1.29 is 9.15 Å². The molecule has 94 valence electrons. The lowest BCUT2D eigenvalue weighted by atomic mass is 10.1. The van der Waals surface area contributed by atoms with Crippen molar-refractivity contribution in [1.82, 2.24) is 0 Å². The lowest BCUT2D eigenvalue weighted by Crippen LogP contribution is -2.03. The number of hydrogen-bond donors (Lipinski definition) is 0. The predicted molar refractivity (Wildman–Crippen MR) is 75.3 cm³/mol. The van der Waals surface area contributed by atoms with E-state index in [9.17, 15) is 4.79 Å². The lowest BCUT2D eigenvalue weighted by Gasteiger charge is -2.07. The van der Waals surface area contributed by atoms with Crippen molar-refractivity contribution in [3.05, 3.63) is 51.3 Å². The van der Waals surface area contributed by atoms with Gasteiger partial charge in [-0.1, -0.05) is 22.0 Å². The molecule has 0 bridgehead atoms. The van der Waals surface area contributed by atoms with E-state index in [0.717, 1.165) is 10.9 Å². The predicted octanol–water partition coefficient (Wildman–Crippen LogP) is 3.68. The summed E-state index contributed by atoms with van der Waals surface area (Å²) in [6, 6.07) is 5.04. The Morgan fingerprint density at radius 1 is 1.44 bits per heavy atom. The second-order valence-electron chi connectivity index (χ2n) is 3.89. The fourth-order valence-electron chi connectivity index (χ4n) is 1.76. The molecular weight excluding hydrogens is 296 g/mol. The van der Waals surface area contributed by atoms with Gasteiger partial charge in [0.2, 0.25) is 0 Å². The summed E-state index contributed by atoms with van der Waals surface area (Å²) in [7, 11) is 1.55. The first kappa shape index (κ1) is 12.9. The Morgan fingerprint density at radius 2 is 2.22 bits per heavy atom. The van der Waals surface area contributed by atoms with Crippen LogP contribution in [0, 0.1) is 0 Å². The van der Waals surface area contributed by atoms with E-state index >= 15 is 0 Å². The van der Waals surface area contributed by atoms with Gasteiger partial charge in [0.05, 0.1) is 12.5 Å². The molecule has 1 aromatic heterocycles. The van der Waals surface area contributed by atoms with E-state index in [1.54, 1.807) is 25.3 Å². The summed E-state index contributed by atoms with van der Waals surface area (Å²) in [6.07, 6.45) is 3.23. The van der Waals surface area contributed by atoms with E-state index in [1.807, 2.05) is 0 Å². The number of halogens is 1. The zero-order valence-electron chi connectivity index (χ0n) is 10.0. The molecule has 1 aromatic carbocycles. The molecule has 0 saturated carbocycles. The maximum atomic E-state index is 12.0. The summed E-state index contributed by atoms with van der Waals surface area (Å²) in [5.74, 6) is 1.20. The fourth-order valence-corrected chi connectivity index (χ4v) is 2.20. The monoisotopic (exact) mass is 308 g/mol. The average Bonchev–Trinajstić information content (AvgIpc) is 2.36. The molecule has 0 aliphatic heterocycles. The highest BCUT2D eigenvalue weighted by atomic mass is 79.9. The summed E-state index contributed by atoms with van der Waals surface area (Å²) in [5.41, 5.74) is 0.433. The standard InChI is InChI=1S/C14H13BrO3/c1-3-4-5-10-8-12(16)11-6-9(15)7-13(17-2)14(11)18-10/h3,6-8H,1,4-5H2,2H3. The Morgan fingerprint density at radius 3 is 2.89 bits per heavy atom. The molecular formula is C14H13BrO3. The van der Waals surface area contributed by atoms with Gasteiger partial charge in [-0.05, 0) is 18.6 Å². The van der Waals surface area contributed by atoms with Crippen molar-refractivity contribution in [3.8, 4) is 5.75 Å². The first-order valence-electron chi connectivity index (χ1n) is 5.57. The molecule has 0 atom stereocenters. The minimum absolute atomic E-state index is 0.0603. The van der Waals surface area contributed by atoms with Gasteiger partial charge < -0.3 is 9.15 Å². The van der Waals surface area contributed by atoms with Crippen LogP contribution in [0.3, 0.4) is 0 Å². The van der Waals surface area contributed by atoms with Crippen LogP contribution in [0.5, 0.6) is 5.75 Å². The zero-order valence-corrected chi connectivity index (χ0v) is 11.6. The molecule has 0 unspecified atom stereocenters. The highest BCUT2D eigenvalue weighted by Crippen LogP contribution is 2.29. The Balaban J connectivity index is 2.66. The molecule has 0 amide bonds. The molecule has 0 aliphatic carbocycles. The third-order valence-corrected chi connectivity index (χ3v) is 3.08. The van der Waals surface area contributed by atoms with Crippen molar-refractivity contribution in [1.29, 1.82) is 0 Å². The highest BCUT2D eigenvalue weighted by molar-refractivity contribution is 9.10. The molecule has 0 spiro atoms. The SMILES string of the molecule is C=CCCc1cc(=O)c2cc(Br)cc(OC)c2o1. The topological polar surface area (TPSA) is 39.4 Å². The summed E-state index contributed by atoms with van der Waals surface area (Å²) >= 11 is 3.34. The molecule has 2 aromatic rings. The van der Waals surface area contributed by atoms with Crippen LogP contribution in [0.15, 0.2) is 44.5 Å². The number of hydrogen-bond acceptors (Lipinski definition) is 3. The van der Waals surface area contributed by atoms with Crippen LogP contribution in [-0.4, -0.2) is 7.11 Å². The number of ether oxygens (including phenoxy) is 1. The van der Waals surface area contributed by atoms with Gasteiger partial charge in [0.1, 0.15) is 5.76 Å². The van der Waals surface area contributed by atoms with Crippen molar-refractivity contribution in [3.63, 3.8) is 0 Å². The first-order valence-corrected chi connectivity index (χ1v) is 6.36. The van der Waals surface area contributed by atoms with Gasteiger partial charge in [-0.25, -0.2) is 0 Å². The minimum Gasteiger partial charge on any atom is -0.493 e. The zero-order chi connectivity index (χ0) is 13.1. The van der Waals surface area contributed by atoms with Gasteiger partial charge >= 0.3 is 0 Å². The van der Waals surface area contributed by atoms with E-state index in [-0.39, 0.29) is 5.43 Å². The first-order chi connectivity index (χ1) is 8.65. The average molecular weight is 309 g/mol. The van der Waals surface area contributed by atoms with Crippen LogP contribution in [-0.2, 0) is 6.42 Å². The number of benzene rings is 1. The second-order valence-corrected chi connectivity index (χ2v) is 4.80. The molecule has 4 heteroatoms. The lowest BCUT2D eigenvalue weighted by molar-refractivity contribution is 0.405. The van der Waals surface area contributed by atoms with Gasteiger partial charge in [-0.2, -0.15) is 0 Å². The van der Waals surface area contributed by atoms with Crippen LogP contribution < -0.4 is 10.2 Å². The molecule has 3 nitrogen and oxygen atoms in total. The fraction of sp³-hybridized carbons (Fsp3) is 0.214. The largest absolute Gasteiger partial charge is 0.493 e. The number of fused-ring (bicyclic) bond motifs is 1. The maximum Gasteiger partial charge on any atom is 0.193 e. The van der Waals surface area contributed by atoms with Crippen molar-refractivity contribution in [2.45, 2.75) is 12.8 Å². The van der Waals surface area contributed by atoms with E-state index in [0.29, 0.717) is 28.9 Å². The Bertz CT molecular complexity index is 643. The smallest absolute Gasteiger partial charge is 0.193 e. The van der Waals surface area contributed by atoms with Crippen LogP contribution in [0.2, 0.25) is 0 Å². The number of rotatable bonds is 4. The van der Waals surface area contributed by atoms with Crippen LogP contribution in [0.1, 0.15) is 12.2 Å². The van der Waals surface area contributed by atoms with Gasteiger partial charge in [0.15, 0.2) is 16.8 Å². The van der Waals surface area contributed by atoms with Crippen LogP contribution in [0.25, 0.3) is 11.0 Å². The summed E-state index contributed by atoms with van der Waals surface area (Å²) < 4.78 is 11.8.